The van der Waals surface area contributed by atoms with Crippen LogP contribution in [0.4, 0.5) is 0 Å². The van der Waals surface area contributed by atoms with Gasteiger partial charge in [-0.15, -0.1) is 0 Å². The van der Waals surface area contributed by atoms with E-state index in [0.29, 0.717) is 56.3 Å². The molecule has 7 aromatic carbocycles. The van der Waals surface area contributed by atoms with Gasteiger partial charge < -0.3 is 4.42 Å². The molecule has 0 spiro atoms. The fourth-order valence-corrected chi connectivity index (χ4v) is 10.5. The van der Waals surface area contributed by atoms with Gasteiger partial charge in [-0.05, 0) is 88.8 Å². The molecule has 1 aliphatic rings. The van der Waals surface area contributed by atoms with E-state index in [9.17, 15) is 0 Å². The topological polar surface area (TPSA) is 98.3 Å². The van der Waals surface area contributed by atoms with Gasteiger partial charge in [0, 0.05) is 62.8 Å². The molecule has 0 fully saturated rings. The van der Waals surface area contributed by atoms with Crippen LogP contribution in [0.2, 0.25) is 0 Å². The number of furan rings is 1. The summed E-state index contributed by atoms with van der Waals surface area (Å²) in [6, 6.07) is 56.9. The third-order valence-electron chi connectivity index (χ3n) is 11.9. The summed E-state index contributed by atoms with van der Waals surface area (Å²) < 4.78 is 37.8. The largest absolute Gasteiger partial charge is 0.456 e. The van der Waals surface area contributed by atoms with E-state index in [1.165, 1.54) is 0 Å². The molecule has 0 unspecified atom stereocenters. The van der Waals surface area contributed by atoms with Crippen molar-refractivity contribution in [3.05, 3.63) is 207 Å². The quantitative estimate of drug-likeness (QED) is 0.154. The lowest BCUT2D eigenvalue weighted by atomic mass is 9.85. The molecule has 8 heteroatoms. The highest BCUT2D eigenvalue weighted by Gasteiger charge is 2.31. The van der Waals surface area contributed by atoms with Crippen LogP contribution in [0, 0.1) is 0 Å². The minimum Gasteiger partial charge on any atom is -0.456 e. The highest BCUT2D eigenvalue weighted by Crippen LogP contribution is 2.49. The summed E-state index contributed by atoms with van der Waals surface area (Å²) in [5, 5.41) is 1.55. The monoisotopic (exact) mass is 858 g/mol. The Labute approximate surface area is 376 Å². The first kappa shape index (κ1) is 39.5. The Kier molecular flexibility index (Phi) is 9.78. The van der Waals surface area contributed by atoms with E-state index in [1.54, 1.807) is 36.8 Å². The Bertz CT molecular complexity index is 3700. The van der Waals surface area contributed by atoms with Gasteiger partial charge >= 0.3 is 0 Å². The zero-order valence-electron chi connectivity index (χ0n) is 35.2. The third kappa shape index (κ3) is 6.97. The van der Waals surface area contributed by atoms with Crippen LogP contribution < -0.4 is 0 Å². The number of hydrogen-bond acceptors (Lipinski definition) is 7. The van der Waals surface area contributed by atoms with Crippen LogP contribution in [0.3, 0.4) is 0 Å². The summed E-state index contributed by atoms with van der Waals surface area (Å²) in [7, 11) is -4.20. The summed E-state index contributed by atoms with van der Waals surface area (Å²) in [5.74, 6) is 0.534. The number of hydrogen-bond donors (Lipinski definition) is 0. The van der Waals surface area contributed by atoms with Crippen LogP contribution in [0.5, 0.6) is 0 Å². The molecule has 10 aromatic rings. The molecule has 1 aliphatic heterocycles. The van der Waals surface area contributed by atoms with Gasteiger partial charge in [0.25, 0.3) is 0 Å². The number of sulfone groups is 1. The zero-order valence-corrected chi connectivity index (χ0v) is 36.0. The molecule has 310 valence electrons. The maximum atomic E-state index is 15.7. The number of rotatable bonds is 6. The number of benzene rings is 7. The number of fused-ring (bicyclic) bond motifs is 12. The second-order valence-electron chi connectivity index (χ2n) is 15.8. The molecule has 7 nitrogen and oxygen atoms in total. The van der Waals surface area contributed by atoms with E-state index in [1.807, 2.05) is 134 Å². The van der Waals surface area contributed by atoms with Crippen molar-refractivity contribution >= 4 is 43.6 Å². The lowest BCUT2D eigenvalue weighted by Crippen LogP contribution is -2.06. The molecule has 0 atom stereocenters. The van der Waals surface area contributed by atoms with E-state index < -0.39 is 9.84 Å². The van der Waals surface area contributed by atoms with Gasteiger partial charge in [-0.25, -0.2) is 18.4 Å². The summed E-state index contributed by atoms with van der Waals surface area (Å²) >= 11 is 0. The predicted molar refractivity (Wildman–Crippen MR) is 263 cm³/mol. The number of para-hydroxylation sites is 1. The Morgan fingerprint density at radius 3 is 1.86 bits per heavy atom. The maximum absolute atomic E-state index is 15.7. The van der Waals surface area contributed by atoms with E-state index in [2.05, 4.69) is 48.0 Å². The van der Waals surface area contributed by atoms with Gasteiger partial charge in [0.2, 0.25) is 9.84 Å². The average molecular weight is 859 g/mol. The molecule has 0 amide bonds. The number of pyridine rings is 1. The Hall–Kier alpha value is -8.33. The number of nitrogens with zero attached hydrogens (tertiary/aromatic N) is 4. The van der Waals surface area contributed by atoms with Crippen LogP contribution in [0.15, 0.2) is 220 Å². The van der Waals surface area contributed by atoms with Crippen LogP contribution in [-0.2, 0) is 9.84 Å². The molecule has 0 saturated heterocycles. The van der Waals surface area contributed by atoms with Gasteiger partial charge in [-0.2, -0.15) is 0 Å². The molecule has 0 bridgehead atoms. The van der Waals surface area contributed by atoms with Crippen molar-refractivity contribution < 1.29 is 12.8 Å². The van der Waals surface area contributed by atoms with E-state index >= 15 is 8.42 Å². The van der Waals surface area contributed by atoms with Gasteiger partial charge in [0.1, 0.15) is 11.2 Å². The molecule has 0 radical (unpaired) electrons. The first-order chi connectivity index (χ1) is 31.9. The standard InChI is InChI=1S/C57H38N4O3S/c1-3-29-58-34-36(2)50-28-26-39(35-59-50)52-33-51(60-57(61-52)37-15-5-4-6-16-37)38-25-27-44-42-19-8-7-17-40(42)41-18-9-10-20-43(41)46-22-12-14-24-55(46)65(62,63)56-32-48-45-21-11-13-23-53(45)64-54(48)31-49(56)47(44)30-38/h3-35H,2H2,1H3/b29-3-,58-34-. The van der Waals surface area contributed by atoms with Crippen molar-refractivity contribution in [3.63, 3.8) is 0 Å². The Morgan fingerprint density at radius 1 is 0.538 bits per heavy atom. The van der Waals surface area contributed by atoms with Crippen molar-refractivity contribution in [3.8, 4) is 78.4 Å². The number of aromatic nitrogens is 3. The molecule has 0 aliphatic carbocycles. The van der Waals surface area contributed by atoms with Crippen LogP contribution in [0.1, 0.15) is 12.6 Å². The first-order valence-electron chi connectivity index (χ1n) is 21.2. The SMILES string of the molecule is C=C(/C=N\C=C/C)c1ccc(-c2cc(-c3ccc4c(c3)-c3cc5oc6ccccc6c5cc3S(=O)(=O)c3ccccc3-c3ccccc3-c3ccccc3-4)nc(-c3ccccc3)n2)cn1. The van der Waals surface area contributed by atoms with Crippen molar-refractivity contribution in [2.75, 3.05) is 0 Å². The zero-order chi connectivity index (χ0) is 44.1. The second kappa shape index (κ2) is 16.1. The normalized spacial score (nSPS) is 12.9. The third-order valence-corrected chi connectivity index (χ3v) is 13.7. The Balaban J connectivity index is 1.20. The summed E-state index contributed by atoms with van der Waals surface area (Å²) in [6.07, 6.45) is 7.02. The Morgan fingerprint density at radius 2 is 1.15 bits per heavy atom. The molecule has 4 heterocycles. The van der Waals surface area contributed by atoms with Gasteiger partial charge in [-0.3, -0.25) is 9.98 Å². The van der Waals surface area contributed by atoms with E-state index in [-0.39, 0.29) is 9.79 Å². The van der Waals surface area contributed by atoms with Crippen LogP contribution >= 0.6 is 0 Å². The van der Waals surface area contributed by atoms with Crippen molar-refractivity contribution in [2.24, 2.45) is 4.99 Å². The van der Waals surface area contributed by atoms with Gasteiger partial charge in [-0.1, -0.05) is 140 Å². The maximum Gasteiger partial charge on any atom is 0.207 e. The van der Waals surface area contributed by atoms with E-state index in [0.717, 1.165) is 55.3 Å². The summed E-state index contributed by atoms with van der Waals surface area (Å²) in [4.78, 5) is 19.6. The minimum absolute atomic E-state index is 0.177. The lowest BCUT2D eigenvalue weighted by Gasteiger charge is -2.18. The molecule has 11 rings (SSSR count). The van der Waals surface area contributed by atoms with Crippen molar-refractivity contribution in [2.45, 2.75) is 16.7 Å². The van der Waals surface area contributed by atoms with Crippen molar-refractivity contribution in [1.82, 2.24) is 15.0 Å². The molecular formula is C57H38N4O3S. The van der Waals surface area contributed by atoms with Gasteiger partial charge in [0.05, 0.1) is 26.9 Å². The van der Waals surface area contributed by atoms with Crippen molar-refractivity contribution in [1.29, 1.82) is 0 Å². The molecule has 3 aromatic heterocycles. The lowest BCUT2D eigenvalue weighted by molar-refractivity contribution is 0.596. The summed E-state index contributed by atoms with van der Waals surface area (Å²) in [5.41, 5.74) is 12.7. The minimum atomic E-state index is -4.20. The molecular weight excluding hydrogens is 821 g/mol. The average Bonchev–Trinajstić information content (AvgIpc) is 3.73. The molecule has 65 heavy (non-hydrogen) atoms. The van der Waals surface area contributed by atoms with Crippen LogP contribution in [-0.4, -0.2) is 29.6 Å². The fourth-order valence-electron chi connectivity index (χ4n) is 8.77. The fraction of sp³-hybridized carbons (Fsp3) is 0.0175. The molecule has 0 saturated carbocycles. The predicted octanol–water partition coefficient (Wildman–Crippen LogP) is 14.2. The highest BCUT2D eigenvalue weighted by atomic mass is 32.2. The summed E-state index contributed by atoms with van der Waals surface area (Å²) in [6.45, 7) is 6.05. The molecule has 0 N–H and O–H groups in total. The van der Waals surface area contributed by atoms with E-state index in [4.69, 9.17) is 19.4 Å². The smallest absolute Gasteiger partial charge is 0.207 e. The van der Waals surface area contributed by atoms with Gasteiger partial charge in [0.15, 0.2) is 5.82 Å². The number of allylic oxidation sites excluding steroid dienone is 2. The van der Waals surface area contributed by atoms with Crippen LogP contribution in [0.25, 0.3) is 106 Å². The first-order valence-corrected chi connectivity index (χ1v) is 22.7. The highest BCUT2D eigenvalue weighted by molar-refractivity contribution is 7.91. The number of aliphatic imine (C=N–C) groups is 1. The second-order valence-corrected chi connectivity index (χ2v) is 17.7.